The van der Waals surface area contributed by atoms with Crippen molar-refractivity contribution in [2.75, 3.05) is 7.05 Å². The fraction of sp³-hybridized carbons (Fsp3) is 0.118. The highest BCUT2D eigenvalue weighted by atomic mass is 32.2. The number of imidazole rings is 1. The predicted molar refractivity (Wildman–Crippen MR) is 87.6 cm³/mol. The molecule has 0 spiro atoms. The van der Waals surface area contributed by atoms with E-state index in [0.29, 0.717) is 0 Å². The van der Waals surface area contributed by atoms with E-state index in [9.17, 15) is 8.42 Å². The molecule has 0 amide bonds. The number of rotatable bonds is 3. The maximum atomic E-state index is 12.1. The molecule has 1 aliphatic rings. The van der Waals surface area contributed by atoms with Gasteiger partial charge in [0.15, 0.2) is 0 Å². The number of sulfonamides is 1. The van der Waals surface area contributed by atoms with E-state index in [-0.39, 0.29) is 10.9 Å². The van der Waals surface area contributed by atoms with Gasteiger partial charge in [-0.1, -0.05) is 36.4 Å². The summed E-state index contributed by atoms with van der Waals surface area (Å²) in [5.41, 5.74) is 4.26. The number of hydrogen-bond acceptors (Lipinski definition) is 3. The van der Waals surface area contributed by atoms with E-state index in [1.807, 2.05) is 24.4 Å². The van der Waals surface area contributed by atoms with Crippen LogP contribution >= 0.6 is 0 Å². The summed E-state index contributed by atoms with van der Waals surface area (Å²) in [4.78, 5) is 4.51. The molecule has 1 unspecified atom stereocenters. The zero-order valence-electron chi connectivity index (χ0n) is 12.5. The number of nitrogens with one attached hydrogen (secondary N) is 1. The Balaban J connectivity index is 1.91. The second-order valence-corrected chi connectivity index (χ2v) is 7.34. The molecule has 0 radical (unpaired) electrons. The molecule has 1 aromatic heterocycles. The molecule has 0 fully saturated rings. The molecule has 5 nitrogen and oxygen atoms in total. The van der Waals surface area contributed by atoms with Gasteiger partial charge in [0.1, 0.15) is 0 Å². The first-order valence-electron chi connectivity index (χ1n) is 7.26. The summed E-state index contributed by atoms with van der Waals surface area (Å²) in [6, 6.07) is 15.1. The van der Waals surface area contributed by atoms with Crippen LogP contribution in [0.3, 0.4) is 0 Å². The Labute approximate surface area is 134 Å². The fourth-order valence-electron chi connectivity index (χ4n) is 3.15. The van der Waals surface area contributed by atoms with Gasteiger partial charge in [0, 0.05) is 5.56 Å². The zero-order chi connectivity index (χ0) is 16.0. The monoisotopic (exact) mass is 325 g/mol. The SMILES string of the molecule is CNS(=O)(=O)c1cccc(C2c3ccccc3-c3cncn32)c1. The Morgan fingerprint density at radius 1 is 1.13 bits per heavy atom. The van der Waals surface area contributed by atoms with Crippen molar-refractivity contribution >= 4 is 10.0 Å². The van der Waals surface area contributed by atoms with Gasteiger partial charge in [-0.3, -0.25) is 0 Å². The molecule has 0 bridgehead atoms. The maximum absolute atomic E-state index is 12.1. The van der Waals surface area contributed by atoms with E-state index in [4.69, 9.17) is 0 Å². The predicted octanol–water partition coefficient (Wildman–Crippen LogP) is 2.41. The summed E-state index contributed by atoms with van der Waals surface area (Å²) in [7, 11) is -2.05. The van der Waals surface area contributed by atoms with E-state index < -0.39 is 10.0 Å². The Morgan fingerprint density at radius 3 is 2.78 bits per heavy atom. The van der Waals surface area contributed by atoms with E-state index in [1.54, 1.807) is 24.5 Å². The molecule has 1 aliphatic heterocycles. The number of nitrogens with zero attached hydrogens (tertiary/aromatic N) is 2. The fourth-order valence-corrected chi connectivity index (χ4v) is 3.93. The number of aromatic nitrogens is 2. The molecule has 2 aromatic carbocycles. The van der Waals surface area contributed by atoms with Crippen molar-refractivity contribution in [3.05, 3.63) is 72.2 Å². The average Bonchev–Trinajstić information content (AvgIpc) is 3.15. The Morgan fingerprint density at radius 2 is 1.96 bits per heavy atom. The minimum absolute atomic E-state index is 0.0595. The molecule has 2 heterocycles. The van der Waals surface area contributed by atoms with Crippen molar-refractivity contribution in [1.82, 2.24) is 14.3 Å². The van der Waals surface area contributed by atoms with Crippen LogP contribution in [0.15, 0.2) is 66.0 Å². The van der Waals surface area contributed by atoms with Crippen molar-refractivity contribution in [3.63, 3.8) is 0 Å². The summed E-state index contributed by atoms with van der Waals surface area (Å²) in [5, 5.41) is 0. The van der Waals surface area contributed by atoms with E-state index in [2.05, 4.69) is 26.4 Å². The van der Waals surface area contributed by atoms with Crippen LogP contribution in [-0.2, 0) is 10.0 Å². The van der Waals surface area contributed by atoms with Gasteiger partial charge in [0.05, 0.1) is 29.2 Å². The molecule has 4 rings (SSSR count). The van der Waals surface area contributed by atoms with Gasteiger partial charge in [-0.05, 0) is 30.3 Å². The summed E-state index contributed by atoms with van der Waals surface area (Å²) in [6.45, 7) is 0. The minimum Gasteiger partial charge on any atom is -0.319 e. The first-order chi connectivity index (χ1) is 11.1. The van der Waals surface area contributed by atoms with E-state index >= 15 is 0 Å². The van der Waals surface area contributed by atoms with Gasteiger partial charge in [-0.25, -0.2) is 18.1 Å². The molecule has 1 N–H and O–H groups in total. The summed E-state index contributed by atoms with van der Waals surface area (Å²) in [6.07, 6.45) is 3.63. The standard InChI is InChI=1S/C17H15N3O2S/c1-18-23(21,22)13-6-4-5-12(9-13)17-15-8-3-2-7-14(15)16-10-19-11-20(16)17/h2-11,17-18H,1H3. The van der Waals surface area contributed by atoms with Gasteiger partial charge in [-0.2, -0.15) is 0 Å². The number of hydrogen-bond donors (Lipinski definition) is 1. The highest BCUT2D eigenvalue weighted by Gasteiger charge is 2.29. The van der Waals surface area contributed by atoms with Crippen LogP contribution in [0.2, 0.25) is 0 Å². The second kappa shape index (κ2) is 5.04. The van der Waals surface area contributed by atoms with Crippen LogP contribution in [0.5, 0.6) is 0 Å². The average molecular weight is 325 g/mol. The first-order valence-corrected chi connectivity index (χ1v) is 8.75. The van der Waals surface area contributed by atoms with Crippen LogP contribution in [0.4, 0.5) is 0 Å². The van der Waals surface area contributed by atoms with E-state index in [1.165, 1.54) is 7.05 Å². The molecule has 1 atom stereocenters. The van der Waals surface area contributed by atoms with Crippen LogP contribution in [0.1, 0.15) is 17.2 Å². The third kappa shape index (κ3) is 2.10. The van der Waals surface area contributed by atoms with Crippen molar-refractivity contribution in [2.45, 2.75) is 10.9 Å². The highest BCUT2D eigenvalue weighted by molar-refractivity contribution is 7.89. The van der Waals surface area contributed by atoms with Crippen LogP contribution < -0.4 is 4.72 Å². The van der Waals surface area contributed by atoms with Crippen LogP contribution in [-0.4, -0.2) is 25.0 Å². The topological polar surface area (TPSA) is 64.0 Å². The van der Waals surface area contributed by atoms with Crippen molar-refractivity contribution in [3.8, 4) is 11.3 Å². The molecule has 6 heteroatoms. The molecule has 0 saturated heterocycles. The normalized spacial score (nSPS) is 16.1. The minimum atomic E-state index is -3.47. The Kier molecular flexibility index (Phi) is 3.11. The lowest BCUT2D eigenvalue weighted by Crippen LogP contribution is -2.19. The Bertz CT molecular complexity index is 992. The maximum Gasteiger partial charge on any atom is 0.240 e. The molecule has 23 heavy (non-hydrogen) atoms. The first kappa shape index (κ1) is 14.2. The summed E-state index contributed by atoms with van der Waals surface area (Å²) in [5.74, 6) is 0. The van der Waals surface area contributed by atoms with Gasteiger partial charge in [0.2, 0.25) is 10.0 Å². The molecular formula is C17H15N3O2S. The van der Waals surface area contributed by atoms with Crippen molar-refractivity contribution in [1.29, 1.82) is 0 Å². The largest absolute Gasteiger partial charge is 0.319 e. The van der Waals surface area contributed by atoms with Gasteiger partial charge >= 0.3 is 0 Å². The third-order valence-electron chi connectivity index (χ3n) is 4.23. The van der Waals surface area contributed by atoms with Crippen molar-refractivity contribution in [2.24, 2.45) is 0 Å². The second-order valence-electron chi connectivity index (χ2n) is 5.46. The highest BCUT2D eigenvalue weighted by Crippen LogP contribution is 2.42. The lowest BCUT2D eigenvalue weighted by Gasteiger charge is -2.16. The number of fused-ring (bicyclic) bond motifs is 3. The van der Waals surface area contributed by atoms with Gasteiger partial charge in [-0.15, -0.1) is 0 Å². The summed E-state index contributed by atoms with van der Waals surface area (Å²) < 4.78 is 28.6. The van der Waals surface area contributed by atoms with Gasteiger partial charge in [0.25, 0.3) is 0 Å². The van der Waals surface area contributed by atoms with Gasteiger partial charge < -0.3 is 4.57 Å². The summed E-state index contributed by atoms with van der Waals surface area (Å²) >= 11 is 0. The lowest BCUT2D eigenvalue weighted by molar-refractivity contribution is 0.588. The Hall–Kier alpha value is -2.44. The molecule has 116 valence electrons. The zero-order valence-corrected chi connectivity index (χ0v) is 13.3. The third-order valence-corrected chi connectivity index (χ3v) is 5.64. The van der Waals surface area contributed by atoms with E-state index in [0.717, 1.165) is 22.4 Å². The molecule has 3 aromatic rings. The molecular weight excluding hydrogens is 310 g/mol. The van der Waals surface area contributed by atoms with Crippen LogP contribution in [0.25, 0.3) is 11.3 Å². The molecule has 0 saturated carbocycles. The smallest absolute Gasteiger partial charge is 0.240 e. The lowest BCUT2D eigenvalue weighted by atomic mass is 9.97. The molecule has 0 aliphatic carbocycles. The number of benzene rings is 2. The quantitative estimate of drug-likeness (QED) is 0.629. The van der Waals surface area contributed by atoms with Crippen molar-refractivity contribution < 1.29 is 8.42 Å². The van der Waals surface area contributed by atoms with Crippen LogP contribution in [0, 0.1) is 0 Å².